The number of hydrogen-bond donors (Lipinski definition) is 1. The van der Waals surface area contributed by atoms with Gasteiger partial charge < -0.3 is 14.8 Å². The lowest BCUT2D eigenvalue weighted by Crippen LogP contribution is -2.04. The Hall–Kier alpha value is -2.97. The molecule has 0 aliphatic heterocycles. The van der Waals surface area contributed by atoms with Gasteiger partial charge in [-0.05, 0) is 48.7 Å². The first kappa shape index (κ1) is 21.7. The van der Waals surface area contributed by atoms with Crippen molar-refractivity contribution in [2.75, 3.05) is 18.5 Å². The first-order chi connectivity index (χ1) is 14.6. The molecule has 0 aliphatic carbocycles. The molecule has 0 bridgehead atoms. The van der Waals surface area contributed by atoms with Gasteiger partial charge in [0.2, 0.25) is 5.28 Å². The van der Waals surface area contributed by atoms with Gasteiger partial charge in [0.1, 0.15) is 5.82 Å². The third-order valence-electron chi connectivity index (χ3n) is 4.54. The van der Waals surface area contributed by atoms with Gasteiger partial charge in [-0.25, -0.2) is 4.98 Å². The first-order valence-corrected chi connectivity index (χ1v) is 10.6. The molecule has 2 aromatic carbocycles. The maximum Gasteiger partial charge on any atom is 0.224 e. The third kappa shape index (κ3) is 5.55. The zero-order valence-corrected chi connectivity index (χ0v) is 18.1. The number of aromatic nitrogens is 2. The standard InChI is InChI=1S/C24H26ClN3O2/c1-4-7-12-29-21-15-19-20(16-22(21)30-13-8-5-2)27-24(25)28-23(19)26-18-11-9-10-17(6-3)14-18/h3,9-11,14-16H,4-5,7-8,12-13H2,1-2H3,(H,26,27,28). The number of hydrogen-bond acceptors (Lipinski definition) is 5. The van der Waals surface area contributed by atoms with E-state index in [0.717, 1.165) is 42.3 Å². The van der Waals surface area contributed by atoms with E-state index in [-0.39, 0.29) is 5.28 Å². The van der Waals surface area contributed by atoms with Gasteiger partial charge in [0, 0.05) is 22.7 Å². The maximum absolute atomic E-state index is 6.20. The molecule has 0 unspecified atom stereocenters. The van der Waals surface area contributed by atoms with Gasteiger partial charge in [0.15, 0.2) is 11.5 Å². The number of halogens is 1. The number of nitrogens with zero attached hydrogens (tertiary/aromatic N) is 2. The first-order valence-electron chi connectivity index (χ1n) is 10.2. The number of terminal acetylenes is 1. The van der Waals surface area contributed by atoms with Crippen LogP contribution in [0.2, 0.25) is 5.28 Å². The number of rotatable bonds is 10. The van der Waals surface area contributed by atoms with Crippen molar-refractivity contribution in [2.24, 2.45) is 0 Å². The molecule has 0 atom stereocenters. The molecule has 1 aromatic heterocycles. The molecule has 0 aliphatic rings. The van der Waals surface area contributed by atoms with Crippen LogP contribution in [0.25, 0.3) is 10.9 Å². The largest absolute Gasteiger partial charge is 0.490 e. The Morgan fingerprint density at radius 2 is 1.70 bits per heavy atom. The van der Waals surface area contributed by atoms with Gasteiger partial charge in [-0.1, -0.05) is 38.7 Å². The molecule has 3 rings (SSSR count). The minimum absolute atomic E-state index is 0.150. The quantitative estimate of drug-likeness (QED) is 0.233. The van der Waals surface area contributed by atoms with E-state index < -0.39 is 0 Å². The molecule has 6 heteroatoms. The van der Waals surface area contributed by atoms with Gasteiger partial charge in [0.05, 0.1) is 18.7 Å². The van der Waals surface area contributed by atoms with Gasteiger partial charge >= 0.3 is 0 Å². The summed E-state index contributed by atoms with van der Waals surface area (Å²) < 4.78 is 12.0. The Morgan fingerprint density at radius 1 is 1.00 bits per heavy atom. The number of anilines is 2. The van der Waals surface area contributed by atoms with Crippen molar-refractivity contribution >= 4 is 34.0 Å². The summed E-state index contributed by atoms with van der Waals surface area (Å²) in [6.45, 7) is 5.50. The van der Waals surface area contributed by atoms with Crippen LogP contribution in [0.1, 0.15) is 45.1 Å². The zero-order valence-electron chi connectivity index (χ0n) is 17.4. The number of benzene rings is 2. The Kier molecular flexibility index (Phi) is 7.75. The highest BCUT2D eigenvalue weighted by Gasteiger charge is 2.14. The van der Waals surface area contributed by atoms with Crippen LogP contribution in [0.5, 0.6) is 11.5 Å². The Balaban J connectivity index is 2.01. The van der Waals surface area contributed by atoms with E-state index in [2.05, 4.69) is 35.1 Å². The normalized spacial score (nSPS) is 10.6. The SMILES string of the molecule is C#Cc1cccc(Nc2nc(Cl)nc3cc(OCCCC)c(OCCCC)cc23)c1. The van der Waals surface area contributed by atoms with E-state index >= 15 is 0 Å². The average Bonchev–Trinajstić information content (AvgIpc) is 2.74. The second kappa shape index (κ2) is 10.7. The predicted molar refractivity (Wildman–Crippen MR) is 123 cm³/mol. The van der Waals surface area contributed by atoms with Crippen molar-refractivity contribution in [3.05, 3.63) is 47.2 Å². The summed E-state index contributed by atoms with van der Waals surface area (Å²) in [5.41, 5.74) is 2.28. The second-order valence-electron chi connectivity index (χ2n) is 6.91. The smallest absolute Gasteiger partial charge is 0.224 e. The summed E-state index contributed by atoms with van der Waals surface area (Å²) in [7, 11) is 0. The van der Waals surface area contributed by atoms with E-state index in [1.54, 1.807) is 0 Å². The van der Waals surface area contributed by atoms with Gasteiger partial charge in [-0.3, -0.25) is 0 Å². The maximum atomic E-state index is 6.20. The number of fused-ring (bicyclic) bond motifs is 1. The van der Waals surface area contributed by atoms with E-state index in [1.165, 1.54) is 0 Å². The molecule has 0 saturated carbocycles. The van der Waals surface area contributed by atoms with Crippen molar-refractivity contribution in [2.45, 2.75) is 39.5 Å². The van der Waals surface area contributed by atoms with E-state index in [1.807, 2.05) is 36.4 Å². The van der Waals surface area contributed by atoms with Crippen LogP contribution >= 0.6 is 11.6 Å². The minimum atomic E-state index is 0.150. The lowest BCUT2D eigenvalue weighted by Gasteiger charge is -2.15. The van der Waals surface area contributed by atoms with Crippen LogP contribution in [0.4, 0.5) is 11.5 Å². The summed E-state index contributed by atoms with van der Waals surface area (Å²) in [4.78, 5) is 8.77. The van der Waals surface area contributed by atoms with E-state index in [0.29, 0.717) is 36.0 Å². The highest BCUT2D eigenvalue weighted by Crippen LogP contribution is 2.36. The molecule has 1 N–H and O–H groups in total. The van der Waals surface area contributed by atoms with Crippen molar-refractivity contribution in [3.63, 3.8) is 0 Å². The topological polar surface area (TPSA) is 56.3 Å². The molecule has 0 radical (unpaired) electrons. The molecule has 0 saturated heterocycles. The molecular formula is C24H26ClN3O2. The molecule has 0 fully saturated rings. The van der Waals surface area contributed by atoms with Crippen molar-refractivity contribution in [1.82, 2.24) is 9.97 Å². The lowest BCUT2D eigenvalue weighted by atomic mass is 10.2. The van der Waals surface area contributed by atoms with Crippen LogP contribution in [0.3, 0.4) is 0 Å². The lowest BCUT2D eigenvalue weighted by molar-refractivity contribution is 0.262. The summed E-state index contributed by atoms with van der Waals surface area (Å²) in [5, 5.41) is 4.24. The Labute approximate surface area is 182 Å². The predicted octanol–water partition coefficient (Wildman–Crippen LogP) is 6.37. The molecule has 3 aromatic rings. The molecule has 5 nitrogen and oxygen atoms in total. The number of ether oxygens (including phenoxy) is 2. The molecule has 1 heterocycles. The fourth-order valence-electron chi connectivity index (χ4n) is 2.91. The van der Waals surface area contributed by atoms with E-state index in [9.17, 15) is 0 Å². The van der Waals surface area contributed by atoms with Crippen LogP contribution in [-0.2, 0) is 0 Å². The fourth-order valence-corrected chi connectivity index (χ4v) is 3.08. The van der Waals surface area contributed by atoms with Crippen molar-refractivity contribution in [1.29, 1.82) is 0 Å². The molecule has 30 heavy (non-hydrogen) atoms. The Morgan fingerprint density at radius 3 is 2.37 bits per heavy atom. The van der Waals surface area contributed by atoms with Gasteiger partial charge in [-0.2, -0.15) is 4.98 Å². The van der Waals surface area contributed by atoms with Crippen molar-refractivity contribution in [3.8, 4) is 23.8 Å². The molecule has 156 valence electrons. The summed E-state index contributed by atoms with van der Waals surface area (Å²) in [6, 6.07) is 11.3. The number of nitrogens with one attached hydrogen (secondary N) is 1. The van der Waals surface area contributed by atoms with E-state index in [4.69, 9.17) is 27.5 Å². The van der Waals surface area contributed by atoms with Crippen LogP contribution in [0.15, 0.2) is 36.4 Å². The zero-order chi connectivity index (χ0) is 21.3. The third-order valence-corrected chi connectivity index (χ3v) is 4.71. The summed E-state index contributed by atoms with van der Waals surface area (Å²) >= 11 is 6.20. The molecule has 0 spiro atoms. The monoisotopic (exact) mass is 423 g/mol. The summed E-state index contributed by atoms with van der Waals surface area (Å²) in [6.07, 6.45) is 9.56. The fraction of sp³-hybridized carbons (Fsp3) is 0.333. The molecular weight excluding hydrogens is 398 g/mol. The Bertz CT molecular complexity index is 1050. The minimum Gasteiger partial charge on any atom is -0.490 e. The van der Waals surface area contributed by atoms with Crippen LogP contribution in [0, 0.1) is 12.3 Å². The second-order valence-corrected chi connectivity index (χ2v) is 7.25. The van der Waals surface area contributed by atoms with Crippen LogP contribution < -0.4 is 14.8 Å². The average molecular weight is 424 g/mol. The highest BCUT2D eigenvalue weighted by atomic mass is 35.5. The van der Waals surface area contributed by atoms with Crippen LogP contribution in [-0.4, -0.2) is 23.2 Å². The van der Waals surface area contributed by atoms with Gasteiger partial charge in [-0.15, -0.1) is 6.42 Å². The summed E-state index contributed by atoms with van der Waals surface area (Å²) in [5.74, 6) is 4.57. The van der Waals surface area contributed by atoms with Gasteiger partial charge in [0.25, 0.3) is 0 Å². The molecule has 0 amide bonds. The highest BCUT2D eigenvalue weighted by molar-refractivity contribution is 6.28. The van der Waals surface area contributed by atoms with Crippen molar-refractivity contribution < 1.29 is 9.47 Å². The number of unbranched alkanes of at least 4 members (excludes halogenated alkanes) is 2.